The first-order valence-corrected chi connectivity index (χ1v) is 7.39. The van der Waals surface area contributed by atoms with Gasteiger partial charge in [0, 0.05) is 29.5 Å². The van der Waals surface area contributed by atoms with Crippen molar-refractivity contribution in [3.8, 4) is 0 Å². The van der Waals surface area contributed by atoms with Crippen LogP contribution in [-0.2, 0) is 11.3 Å². The topological polar surface area (TPSA) is 32.3 Å². The molecule has 1 aromatic heterocycles. The smallest absolute Gasteiger partial charge is 0.227 e. The maximum Gasteiger partial charge on any atom is 0.227 e. The number of halogens is 1. The number of rotatable bonds is 3. The standard InChI is InChI=1S/C12H17BrN2OS/c1-12(11(16)14-2)4-5-15(8-12)7-10-9(13)3-6-17-10/h3,6H,4-5,7-8H2,1-2H3,(H,14,16). The van der Waals surface area contributed by atoms with E-state index in [1.807, 2.05) is 0 Å². The minimum absolute atomic E-state index is 0.158. The van der Waals surface area contributed by atoms with Crippen molar-refractivity contribution in [2.45, 2.75) is 19.9 Å². The van der Waals surface area contributed by atoms with Crippen molar-refractivity contribution in [1.29, 1.82) is 0 Å². The van der Waals surface area contributed by atoms with Crippen LogP contribution in [0.1, 0.15) is 18.2 Å². The largest absolute Gasteiger partial charge is 0.359 e. The summed E-state index contributed by atoms with van der Waals surface area (Å²) in [6.45, 7) is 4.82. The maximum atomic E-state index is 11.8. The Bertz CT molecular complexity index is 420. The van der Waals surface area contributed by atoms with E-state index in [9.17, 15) is 4.79 Å². The Hall–Kier alpha value is -0.390. The van der Waals surface area contributed by atoms with Gasteiger partial charge in [-0.1, -0.05) is 0 Å². The third-order valence-corrected chi connectivity index (χ3v) is 5.30. The first kappa shape index (κ1) is 13.1. The molecule has 1 amide bonds. The van der Waals surface area contributed by atoms with E-state index in [1.165, 1.54) is 9.35 Å². The van der Waals surface area contributed by atoms with Crippen LogP contribution in [0.4, 0.5) is 0 Å². The predicted molar refractivity (Wildman–Crippen MR) is 74.1 cm³/mol. The molecule has 1 aliphatic rings. The fourth-order valence-electron chi connectivity index (χ4n) is 2.32. The fourth-order valence-corrected chi connectivity index (χ4v) is 3.84. The van der Waals surface area contributed by atoms with Crippen LogP contribution in [0, 0.1) is 5.41 Å². The van der Waals surface area contributed by atoms with Crippen LogP contribution in [-0.4, -0.2) is 30.9 Å². The number of carbonyl (C=O) groups is 1. The van der Waals surface area contributed by atoms with Gasteiger partial charge in [-0.25, -0.2) is 0 Å². The second-order valence-corrected chi connectivity index (χ2v) is 6.65. The van der Waals surface area contributed by atoms with Gasteiger partial charge in [0.05, 0.1) is 5.41 Å². The molecule has 17 heavy (non-hydrogen) atoms. The molecule has 1 aromatic rings. The average Bonchev–Trinajstić information content (AvgIpc) is 2.87. The lowest BCUT2D eigenvalue weighted by atomic mass is 9.89. The molecule has 0 saturated carbocycles. The Morgan fingerprint density at radius 3 is 3.06 bits per heavy atom. The Kier molecular flexibility index (Phi) is 3.90. The Labute approximate surface area is 114 Å². The molecular formula is C12H17BrN2OS. The molecule has 1 unspecified atom stereocenters. The van der Waals surface area contributed by atoms with E-state index < -0.39 is 0 Å². The summed E-state index contributed by atoms with van der Waals surface area (Å²) in [5, 5.41) is 4.86. The SMILES string of the molecule is CNC(=O)C1(C)CCN(Cc2sccc2Br)C1. The van der Waals surface area contributed by atoms with E-state index in [0.29, 0.717) is 0 Å². The van der Waals surface area contributed by atoms with Crippen molar-refractivity contribution in [2.75, 3.05) is 20.1 Å². The lowest BCUT2D eigenvalue weighted by molar-refractivity contribution is -0.129. The number of carbonyl (C=O) groups excluding carboxylic acids is 1. The van der Waals surface area contributed by atoms with Gasteiger partial charge in [-0.05, 0) is 47.3 Å². The van der Waals surface area contributed by atoms with E-state index in [1.54, 1.807) is 18.4 Å². The number of amides is 1. The highest BCUT2D eigenvalue weighted by molar-refractivity contribution is 9.10. The van der Waals surface area contributed by atoms with Crippen LogP contribution in [0.2, 0.25) is 0 Å². The van der Waals surface area contributed by atoms with E-state index in [4.69, 9.17) is 0 Å². The summed E-state index contributed by atoms with van der Waals surface area (Å²) in [5.74, 6) is 0.158. The van der Waals surface area contributed by atoms with Gasteiger partial charge in [-0.15, -0.1) is 11.3 Å². The maximum absolute atomic E-state index is 11.8. The van der Waals surface area contributed by atoms with Crippen LogP contribution in [0.15, 0.2) is 15.9 Å². The molecule has 1 atom stereocenters. The number of hydrogen-bond acceptors (Lipinski definition) is 3. The Morgan fingerprint density at radius 1 is 1.71 bits per heavy atom. The van der Waals surface area contributed by atoms with Gasteiger partial charge in [0.2, 0.25) is 5.91 Å². The molecule has 0 aliphatic carbocycles. The van der Waals surface area contributed by atoms with E-state index >= 15 is 0 Å². The molecule has 0 radical (unpaired) electrons. The summed E-state index contributed by atoms with van der Waals surface area (Å²) < 4.78 is 1.18. The molecule has 94 valence electrons. The molecular weight excluding hydrogens is 300 g/mol. The summed E-state index contributed by atoms with van der Waals surface area (Å²) in [6, 6.07) is 2.08. The molecule has 0 bridgehead atoms. The van der Waals surface area contributed by atoms with E-state index in [2.05, 4.69) is 44.5 Å². The summed E-state index contributed by atoms with van der Waals surface area (Å²) in [6.07, 6.45) is 0.940. The van der Waals surface area contributed by atoms with E-state index in [0.717, 1.165) is 26.1 Å². The van der Waals surface area contributed by atoms with E-state index in [-0.39, 0.29) is 11.3 Å². The molecule has 5 heteroatoms. The van der Waals surface area contributed by atoms with Gasteiger partial charge in [-0.2, -0.15) is 0 Å². The average molecular weight is 317 g/mol. The highest BCUT2D eigenvalue weighted by Gasteiger charge is 2.39. The molecule has 0 spiro atoms. The number of nitrogens with one attached hydrogen (secondary N) is 1. The van der Waals surface area contributed by atoms with Gasteiger partial charge in [0.1, 0.15) is 0 Å². The lowest BCUT2D eigenvalue weighted by Crippen LogP contribution is -2.39. The molecule has 2 heterocycles. The van der Waals surface area contributed by atoms with Crippen LogP contribution >= 0.6 is 27.3 Å². The third kappa shape index (κ3) is 2.72. The highest BCUT2D eigenvalue weighted by atomic mass is 79.9. The normalized spacial score (nSPS) is 25.1. The third-order valence-electron chi connectivity index (χ3n) is 3.39. The molecule has 1 saturated heterocycles. The second-order valence-electron chi connectivity index (χ2n) is 4.79. The van der Waals surface area contributed by atoms with Crippen LogP contribution < -0.4 is 5.32 Å². The van der Waals surface area contributed by atoms with Crippen molar-refractivity contribution in [2.24, 2.45) is 5.41 Å². The molecule has 2 rings (SSSR count). The predicted octanol–water partition coefficient (Wildman–Crippen LogP) is 2.47. The second kappa shape index (κ2) is 5.08. The fraction of sp³-hybridized carbons (Fsp3) is 0.583. The Morgan fingerprint density at radius 2 is 2.47 bits per heavy atom. The van der Waals surface area contributed by atoms with Gasteiger partial charge in [0.15, 0.2) is 0 Å². The monoisotopic (exact) mass is 316 g/mol. The van der Waals surface area contributed by atoms with Crippen LogP contribution in [0.25, 0.3) is 0 Å². The number of thiophene rings is 1. The minimum Gasteiger partial charge on any atom is -0.359 e. The summed E-state index contributed by atoms with van der Waals surface area (Å²) >= 11 is 5.31. The zero-order chi connectivity index (χ0) is 12.5. The highest BCUT2D eigenvalue weighted by Crippen LogP contribution is 2.33. The molecule has 1 N–H and O–H groups in total. The molecule has 1 fully saturated rings. The van der Waals surface area contributed by atoms with Crippen molar-refractivity contribution in [1.82, 2.24) is 10.2 Å². The van der Waals surface area contributed by atoms with Gasteiger partial charge >= 0.3 is 0 Å². The summed E-state index contributed by atoms with van der Waals surface area (Å²) in [7, 11) is 1.71. The van der Waals surface area contributed by atoms with Gasteiger partial charge in [0.25, 0.3) is 0 Å². The first-order chi connectivity index (χ1) is 8.05. The van der Waals surface area contributed by atoms with Crippen molar-refractivity contribution >= 4 is 33.2 Å². The van der Waals surface area contributed by atoms with Gasteiger partial charge < -0.3 is 5.32 Å². The first-order valence-electron chi connectivity index (χ1n) is 5.71. The zero-order valence-corrected chi connectivity index (χ0v) is 12.5. The van der Waals surface area contributed by atoms with Crippen LogP contribution in [0.3, 0.4) is 0 Å². The number of likely N-dealkylation sites (tertiary alicyclic amines) is 1. The summed E-state index contributed by atoms with van der Waals surface area (Å²) in [5.41, 5.74) is -0.224. The van der Waals surface area contributed by atoms with Gasteiger partial charge in [-0.3, -0.25) is 9.69 Å². The minimum atomic E-state index is -0.224. The van der Waals surface area contributed by atoms with Crippen molar-refractivity contribution in [3.63, 3.8) is 0 Å². The quantitative estimate of drug-likeness (QED) is 0.929. The zero-order valence-electron chi connectivity index (χ0n) is 10.1. The number of nitrogens with zero attached hydrogens (tertiary/aromatic N) is 1. The molecule has 0 aromatic carbocycles. The Balaban J connectivity index is 1.99. The molecule has 1 aliphatic heterocycles. The summed E-state index contributed by atoms with van der Waals surface area (Å²) in [4.78, 5) is 15.5. The van der Waals surface area contributed by atoms with Crippen molar-refractivity contribution in [3.05, 3.63) is 20.8 Å². The van der Waals surface area contributed by atoms with Crippen LogP contribution in [0.5, 0.6) is 0 Å². The lowest BCUT2D eigenvalue weighted by Gasteiger charge is -2.22. The van der Waals surface area contributed by atoms with Crippen molar-refractivity contribution < 1.29 is 4.79 Å². The molecule has 3 nitrogen and oxygen atoms in total. The number of hydrogen-bond donors (Lipinski definition) is 1.